The predicted octanol–water partition coefficient (Wildman–Crippen LogP) is 3.87. The van der Waals surface area contributed by atoms with Crippen molar-refractivity contribution in [2.45, 2.75) is 13.5 Å². The molecule has 1 amide bonds. The summed E-state index contributed by atoms with van der Waals surface area (Å²) in [6.45, 7) is 4.54. The monoisotopic (exact) mass is 456 g/mol. The fourth-order valence-corrected chi connectivity index (χ4v) is 4.26. The minimum atomic E-state index is -0.279. The van der Waals surface area contributed by atoms with Crippen LogP contribution in [0.5, 0.6) is 0 Å². The second-order valence-electron chi connectivity index (χ2n) is 7.58. The van der Waals surface area contributed by atoms with Crippen LogP contribution in [0, 0.1) is 6.92 Å². The van der Waals surface area contributed by atoms with Crippen molar-refractivity contribution in [2.75, 3.05) is 31.1 Å². The summed E-state index contributed by atoms with van der Waals surface area (Å²) in [4.78, 5) is 34.1. The highest BCUT2D eigenvalue weighted by Crippen LogP contribution is 2.26. The molecule has 8 heteroatoms. The molecule has 1 aromatic carbocycles. The molecular weight excluding hydrogens is 435 g/mol. The summed E-state index contributed by atoms with van der Waals surface area (Å²) in [6.07, 6.45) is 3.27. The van der Waals surface area contributed by atoms with Gasteiger partial charge in [-0.25, -0.2) is 4.98 Å². The summed E-state index contributed by atoms with van der Waals surface area (Å²) >= 11 is 12.2. The van der Waals surface area contributed by atoms with E-state index >= 15 is 0 Å². The van der Waals surface area contributed by atoms with Crippen LogP contribution in [0.2, 0.25) is 10.0 Å². The van der Waals surface area contributed by atoms with Gasteiger partial charge in [-0.05, 0) is 30.7 Å². The zero-order valence-corrected chi connectivity index (χ0v) is 18.6. The minimum Gasteiger partial charge on any atom is -0.352 e. The van der Waals surface area contributed by atoms with E-state index in [2.05, 4.69) is 4.98 Å². The lowest BCUT2D eigenvalue weighted by atomic mass is 10.1. The number of aromatic nitrogens is 2. The summed E-state index contributed by atoms with van der Waals surface area (Å²) in [7, 11) is 0. The number of anilines is 1. The molecule has 1 aliphatic heterocycles. The third-order valence-electron chi connectivity index (χ3n) is 5.34. The molecule has 0 bridgehead atoms. The number of nitrogens with zero attached hydrogens (tertiary/aromatic N) is 4. The minimum absolute atomic E-state index is 0.186. The molecule has 0 spiro atoms. The van der Waals surface area contributed by atoms with E-state index in [-0.39, 0.29) is 17.0 Å². The third-order valence-corrected chi connectivity index (χ3v) is 5.83. The van der Waals surface area contributed by atoms with Crippen molar-refractivity contribution in [2.24, 2.45) is 0 Å². The smallest absolute Gasteiger partial charge is 0.263 e. The molecule has 0 aliphatic carbocycles. The summed E-state index contributed by atoms with van der Waals surface area (Å²) in [5.74, 6) is 0.400. The molecule has 6 nitrogen and oxygen atoms in total. The number of aryl methyl sites for hydroxylation is 1. The van der Waals surface area contributed by atoms with Gasteiger partial charge in [0.05, 0.1) is 16.6 Å². The molecule has 1 fully saturated rings. The van der Waals surface area contributed by atoms with Crippen molar-refractivity contribution in [1.82, 2.24) is 14.5 Å². The Bertz CT molecular complexity index is 1170. The van der Waals surface area contributed by atoms with E-state index in [0.29, 0.717) is 48.6 Å². The second-order valence-corrected chi connectivity index (χ2v) is 8.43. The Hall–Kier alpha value is -2.83. The number of halogens is 2. The molecule has 0 saturated carbocycles. The van der Waals surface area contributed by atoms with E-state index in [1.54, 1.807) is 40.1 Å². The van der Waals surface area contributed by atoms with E-state index in [4.69, 9.17) is 23.2 Å². The van der Waals surface area contributed by atoms with Crippen molar-refractivity contribution in [3.05, 3.63) is 91.9 Å². The third kappa shape index (κ3) is 4.75. The topological polar surface area (TPSA) is 58.4 Å². The Kier molecular flexibility index (Phi) is 6.30. The number of hydrogen-bond donors (Lipinski definition) is 0. The Labute approximate surface area is 190 Å². The predicted molar refractivity (Wildman–Crippen MR) is 123 cm³/mol. The molecule has 0 unspecified atom stereocenters. The normalized spacial score (nSPS) is 14.0. The van der Waals surface area contributed by atoms with Gasteiger partial charge in [-0.15, -0.1) is 0 Å². The van der Waals surface area contributed by atoms with E-state index in [1.165, 1.54) is 0 Å². The number of benzene rings is 1. The van der Waals surface area contributed by atoms with Crippen molar-refractivity contribution < 1.29 is 4.79 Å². The van der Waals surface area contributed by atoms with Gasteiger partial charge in [0.25, 0.3) is 11.5 Å². The van der Waals surface area contributed by atoms with Gasteiger partial charge < -0.3 is 14.4 Å². The van der Waals surface area contributed by atoms with E-state index in [0.717, 1.165) is 11.1 Å². The molecule has 0 atom stereocenters. The van der Waals surface area contributed by atoms with Crippen LogP contribution in [0.3, 0.4) is 0 Å². The average Bonchev–Trinajstić information content (AvgIpc) is 2.75. The van der Waals surface area contributed by atoms with Crippen LogP contribution >= 0.6 is 23.2 Å². The van der Waals surface area contributed by atoms with Crippen LogP contribution in [0.25, 0.3) is 0 Å². The first-order chi connectivity index (χ1) is 14.9. The Morgan fingerprint density at radius 1 is 1.06 bits per heavy atom. The lowest BCUT2D eigenvalue weighted by molar-refractivity contribution is 0.0744. The zero-order chi connectivity index (χ0) is 22.0. The number of carbonyl (C=O) groups excluding carboxylic acids is 1. The van der Waals surface area contributed by atoms with Crippen LogP contribution < -0.4 is 10.5 Å². The van der Waals surface area contributed by atoms with Crippen LogP contribution in [-0.4, -0.2) is 46.5 Å². The Morgan fingerprint density at radius 2 is 1.84 bits per heavy atom. The van der Waals surface area contributed by atoms with E-state index < -0.39 is 0 Å². The van der Waals surface area contributed by atoms with Gasteiger partial charge in [0.2, 0.25) is 0 Å². The molecule has 1 saturated heterocycles. The molecule has 4 rings (SSSR count). The van der Waals surface area contributed by atoms with Gasteiger partial charge in [-0.2, -0.15) is 0 Å². The molecule has 2 aromatic heterocycles. The summed E-state index contributed by atoms with van der Waals surface area (Å²) in [5, 5.41) is 0.961. The summed E-state index contributed by atoms with van der Waals surface area (Å²) in [6, 6.07) is 13.0. The number of pyridine rings is 2. The first-order valence-corrected chi connectivity index (χ1v) is 10.8. The van der Waals surface area contributed by atoms with Gasteiger partial charge in [0, 0.05) is 38.6 Å². The maximum Gasteiger partial charge on any atom is 0.263 e. The Morgan fingerprint density at radius 3 is 2.55 bits per heavy atom. The number of rotatable bonds is 4. The summed E-state index contributed by atoms with van der Waals surface area (Å²) in [5.41, 5.74) is 2.06. The van der Waals surface area contributed by atoms with E-state index in [1.807, 2.05) is 36.1 Å². The largest absolute Gasteiger partial charge is 0.352 e. The first-order valence-electron chi connectivity index (χ1n) is 10.0. The zero-order valence-electron chi connectivity index (χ0n) is 17.1. The molecule has 0 radical (unpaired) electrons. The van der Waals surface area contributed by atoms with Crippen molar-refractivity contribution in [3.63, 3.8) is 0 Å². The van der Waals surface area contributed by atoms with Gasteiger partial charge in [0.1, 0.15) is 11.4 Å². The number of piperazine rings is 1. The van der Waals surface area contributed by atoms with Gasteiger partial charge in [0.15, 0.2) is 0 Å². The molecule has 1 aliphatic rings. The highest BCUT2D eigenvalue weighted by molar-refractivity contribution is 6.36. The SMILES string of the molecule is Cc1cccc(Cn2cccc(C(=O)N3CCN(c4ncc(Cl)cc4Cl)CC3)c2=O)c1. The standard InChI is InChI=1S/C23H22Cl2N4O2/c1-16-4-2-5-17(12-16)15-29-7-3-6-19(23(29)31)22(30)28-10-8-27(9-11-28)21-20(25)13-18(24)14-26-21/h2-7,12-14H,8-11,15H2,1H3. The number of hydrogen-bond acceptors (Lipinski definition) is 4. The van der Waals surface area contributed by atoms with Crippen LogP contribution in [-0.2, 0) is 6.54 Å². The summed E-state index contributed by atoms with van der Waals surface area (Å²) < 4.78 is 1.58. The lowest BCUT2D eigenvalue weighted by Crippen LogP contribution is -2.50. The molecule has 31 heavy (non-hydrogen) atoms. The second kappa shape index (κ2) is 9.12. The van der Waals surface area contributed by atoms with Crippen LogP contribution in [0.15, 0.2) is 59.7 Å². The highest BCUT2D eigenvalue weighted by atomic mass is 35.5. The molecular formula is C23H22Cl2N4O2. The fourth-order valence-electron chi connectivity index (χ4n) is 3.76. The molecule has 0 N–H and O–H groups in total. The number of carbonyl (C=O) groups is 1. The van der Waals surface area contributed by atoms with Crippen molar-refractivity contribution in [1.29, 1.82) is 0 Å². The molecule has 3 heterocycles. The van der Waals surface area contributed by atoms with E-state index in [9.17, 15) is 9.59 Å². The lowest BCUT2D eigenvalue weighted by Gasteiger charge is -2.35. The average molecular weight is 457 g/mol. The first kappa shape index (κ1) is 21.4. The van der Waals surface area contributed by atoms with Gasteiger partial charge in [-0.1, -0.05) is 53.0 Å². The quantitative estimate of drug-likeness (QED) is 0.597. The molecule has 3 aromatic rings. The number of amides is 1. The van der Waals surface area contributed by atoms with Gasteiger partial charge in [-0.3, -0.25) is 9.59 Å². The van der Waals surface area contributed by atoms with Crippen molar-refractivity contribution >= 4 is 34.9 Å². The van der Waals surface area contributed by atoms with Crippen LogP contribution in [0.4, 0.5) is 5.82 Å². The van der Waals surface area contributed by atoms with Crippen molar-refractivity contribution in [3.8, 4) is 0 Å². The highest BCUT2D eigenvalue weighted by Gasteiger charge is 2.25. The molecule has 160 valence electrons. The maximum absolute atomic E-state index is 13.1. The Balaban J connectivity index is 1.47. The van der Waals surface area contributed by atoms with Gasteiger partial charge >= 0.3 is 0 Å². The fraction of sp³-hybridized carbons (Fsp3) is 0.261. The van der Waals surface area contributed by atoms with Crippen LogP contribution in [0.1, 0.15) is 21.5 Å². The maximum atomic E-state index is 13.1.